The van der Waals surface area contributed by atoms with Crippen molar-refractivity contribution in [2.24, 2.45) is 0 Å². The van der Waals surface area contributed by atoms with Gasteiger partial charge in [0.15, 0.2) is 0 Å². The van der Waals surface area contributed by atoms with Crippen LogP contribution in [0.1, 0.15) is 37.8 Å². The van der Waals surface area contributed by atoms with Crippen LogP contribution in [0.15, 0.2) is 46.9 Å². The van der Waals surface area contributed by atoms with Crippen LogP contribution in [-0.4, -0.2) is 50.5 Å². The van der Waals surface area contributed by atoms with Crippen molar-refractivity contribution in [3.63, 3.8) is 0 Å². The molecule has 0 aliphatic carbocycles. The number of carbonyl (C=O) groups is 2. The molecule has 13 heteroatoms. The van der Waals surface area contributed by atoms with Gasteiger partial charge in [0, 0.05) is 17.6 Å². The van der Waals surface area contributed by atoms with Crippen LogP contribution in [0.4, 0.5) is 18.9 Å². The summed E-state index contributed by atoms with van der Waals surface area (Å²) in [6.45, 7) is 2.96. The first kappa shape index (κ1) is 30.9. The SMILES string of the molecule is CCCCNC(=O)[C@@H](C)N(Cc1ccc(Br)cc1)C(=O)CN(c1cc(C(F)(F)F)ccc1Cl)S(C)(=O)=O. The van der Waals surface area contributed by atoms with Crippen molar-refractivity contribution >= 4 is 55.1 Å². The second kappa shape index (κ2) is 13.0. The lowest BCUT2D eigenvalue weighted by Gasteiger charge is -2.32. The Morgan fingerprint density at radius 3 is 2.30 bits per heavy atom. The summed E-state index contributed by atoms with van der Waals surface area (Å²) in [6.07, 6.45) is -2.42. The average Bonchev–Trinajstić information content (AvgIpc) is 2.80. The molecule has 0 unspecified atom stereocenters. The zero-order chi connectivity index (χ0) is 28.0. The zero-order valence-electron chi connectivity index (χ0n) is 20.5. The maximum absolute atomic E-state index is 13.5. The summed E-state index contributed by atoms with van der Waals surface area (Å²) in [5.41, 5.74) is -0.952. The Bertz CT molecular complexity index is 1210. The van der Waals surface area contributed by atoms with E-state index in [1.807, 2.05) is 6.92 Å². The van der Waals surface area contributed by atoms with Gasteiger partial charge in [0.2, 0.25) is 21.8 Å². The summed E-state index contributed by atoms with van der Waals surface area (Å²) >= 11 is 9.40. The smallest absolute Gasteiger partial charge is 0.354 e. The third-order valence-corrected chi connectivity index (χ3v) is 7.46. The fourth-order valence-corrected chi connectivity index (χ4v) is 4.77. The average molecular weight is 627 g/mol. The normalized spacial score (nSPS) is 12.6. The molecule has 37 heavy (non-hydrogen) atoms. The van der Waals surface area contributed by atoms with E-state index in [1.54, 1.807) is 24.3 Å². The van der Waals surface area contributed by atoms with E-state index in [2.05, 4.69) is 21.2 Å². The molecule has 0 aliphatic rings. The predicted octanol–water partition coefficient (Wildman–Crippen LogP) is 5.22. The summed E-state index contributed by atoms with van der Waals surface area (Å²) in [6, 6.07) is 8.17. The van der Waals surface area contributed by atoms with Crippen LogP contribution in [0.3, 0.4) is 0 Å². The predicted molar refractivity (Wildman–Crippen MR) is 141 cm³/mol. The van der Waals surface area contributed by atoms with Gasteiger partial charge in [-0.3, -0.25) is 13.9 Å². The number of amides is 2. The van der Waals surface area contributed by atoms with Crippen LogP contribution in [0, 0.1) is 0 Å². The van der Waals surface area contributed by atoms with Crippen molar-refractivity contribution < 1.29 is 31.2 Å². The molecule has 0 radical (unpaired) electrons. The van der Waals surface area contributed by atoms with Crippen LogP contribution < -0.4 is 9.62 Å². The molecule has 2 rings (SSSR count). The van der Waals surface area contributed by atoms with Gasteiger partial charge in [0.05, 0.1) is 22.5 Å². The molecule has 2 aromatic carbocycles. The van der Waals surface area contributed by atoms with Crippen molar-refractivity contribution in [3.05, 3.63) is 63.1 Å². The summed E-state index contributed by atoms with van der Waals surface area (Å²) < 4.78 is 66.5. The number of nitrogens with zero attached hydrogens (tertiary/aromatic N) is 2. The minimum Gasteiger partial charge on any atom is -0.354 e. The Hall–Kier alpha value is -2.31. The molecule has 0 fully saturated rings. The minimum absolute atomic E-state index is 0.0393. The molecule has 0 aromatic heterocycles. The monoisotopic (exact) mass is 625 g/mol. The Morgan fingerprint density at radius 2 is 1.76 bits per heavy atom. The highest BCUT2D eigenvalue weighted by Gasteiger charge is 2.34. The number of rotatable bonds is 11. The molecule has 0 spiro atoms. The van der Waals surface area contributed by atoms with E-state index < -0.39 is 51.9 Å². The highest BCUT2D eigenvalue weighted by Crippen LogP contribution is 2.36. The van der Waals surface area contributed by atoms with Crippen molar-refractivity contribution in [2.75, 3.05) is 23.7 Å². The third-order valence-electron chi connectivity index (χ3n) is 5.48. The van der Waals surface area contributed by atoms with Crippen molar-refractivity contribution in [3.8, 4) is 0 Å². The summed E-state index contributed by atoms with van der Waals surface area (Å²) in [4.78, 5) is 27.4. The number of carbonyl (C=O) groups excluding carboxylic acids is 2. The molecule has 0 saturated heterocycles. The Morgan fingerprint density at radius 1 is 1.14 bits per heavy atom. The number of nitrogens with one attached hydrogen (secondary N) is 1. The van der Waals surface area contributed by atoms with Crippen LogP contribution >= 0.6 is 27.5 Å². The molecule has 0 aliphatic heterocycles. The molecule has 0 heterocycles. The number of hydrogen-bond donors (Lipinski definition) is 1. The van der Waals surface area contributed by atoms with E-state index in [0.717, 1.165) is 35.7 Å². The van der Waals surface area contributed by atoms with Gasteiger partial charge >= 0.3 is 6.18 Å². The van der Waals surface area contributed by atoms with E-state index in [0.29, 0.717) is 22.5 Å². The Kier molecular flexibility index (Phi) is 10.8. The van der Waals surface area contributed by atoms with Gasteiger partial charge in [-0.1, -0.05) is 53.0 Å². The number of unbranched alkanes of at least 4 members (excludes halogenated alkanes) is 1. The van der Waals surface area contributed by atoms with Crippen LogP contribution in [0.2, 0.25) is 5.02 Å². The molecular weight excluding hydrogens is 599 g/mol. The summed E-state index contributed by atoms with van der Waals surface area (Å²) in [5, 5.41) is 2.46. The lowest BCUT2D eigenvalue weighted by molar-refractivity contribution is -0.139. The molecule has 204 valence electrons. The fraction of sp³-hybridized carbons (Fsp3) is 0.417. The molecule has 1 N–H and O–H groups in total. The Labute approximate surface area is 228 Å². The number of hydrogen-bond acceptors (Lipinski definition) is 4. The number of anilines is 1. The van der Waals surface area contributed by atoms with Gasteiger partial charge in [0.25, 0.3) is 0 Å². The number of benzene rings is 2. The maximum Gasteiger partial charge on any atom is 0.416 e. The van der Waals surface area contributed by atoms with Crippen molar-refractivity contribution in [2.45, 2.75) is 45.5 Å². The molecule has 0 bridgehead atoms. The third kappa shape index (κ3) is 8.89. The lowest BCUT2D eigenvalue weighted by Crippen LogP contribution is -2.51. The topological polar surface area (TPSA) is 86.8 Å². The molecule has 2 amide bonds. The van der Waals surface area contributed by atoms with E-state index >= 15 is 0 Å². The van der Waals surface area contributed by atoms with Crippen LogP contribution in [-0.2, 0) is 32.3 Å². The molecular formula is C24H28BrClF3N3O4S. The maximum atomic E-state index is 13.5. The van der Waals surface area contributed by atoms with Gasteiger partial charge in [-0.15, -0.1) is 0 Å². The first-order valence-corrected chi connectivity index (χ1v) is 14.3. The Balaban J connectivity index is 2.45. The summed E-state index contributed by atoms with van der Waals surface area (Å²) in [7, 11) is -4.25. The van der Waals surface area contributed by atoms with Crippen LogP contribution in [0.25, 0.3) is 0 Å². The van der Waals surface area contributed by atoms with Gasteiger partial charge in [-0.25, -0.2) is 8.42 Å². The van der Waals surface area contributed by atoms with Crippen LogP contribution in [0.5, 0.6) is 0 Å². The highest BCUT2D eigenvalue weighted by molar-refractivity contribution is 9.10. The second-order valence-electron chi connectivity index (χ2n) is 8.40. The number of halogens is 5. The largest absolute Gasteiger partial charge is 0.416 e. The lowest BCUT2D eigenvalue weighted by atomic mass is 10.1. The molecule has 7 nitrogen and oxygen atoms in total. The van der Waals surface area contributed by atoms with E-state index in [-0.39, 0.29) is 11.6 Å². The van der Waals surface area contributed by atoms with Crippen molar-refractivity contribution in [1.29, 1.82) is 0 Å². The fourth-order valence-electron chi connectivity index (χ4n) is 3.38. The number of sulfonamides is 1. The van der Waals surface area contributed by atoms with Gasteiger partial charge in [0.1, 0.15) is 12.6 Å². The zero-order valence-corrected chi connectivity index (χ0v) is 23.6. The minimum atomic E-state index is -4.76. The standard InChI is InChI=1S/C24H28BrClF3N3O4S/c1-4-5-12-30-23(34)16(2)31(14-17-6-9-19(25)10-7-17)22(33)15-32(37(3,35)36)21-13-18(24(27,28)29)8-11-20(21)26/h6-11,13,16H,4-5,12,14-15H2,1-3H3,(H,30,34)/t16-/m1/s1. The molecule has 0 saturated carbocycles. The van der Waals surface area contributed by atoms with E-state index in [9.17, 15) is 31.2 Å². The van der Waals surface area contributed by atoms with E-state index in [4.69, 9.17) is 11.6 Å². The first-order valence-electron chi connectivity index (χ1n) is 11.3. The van der Waals surface area contributed by atoms with Crippen molar-refractivity contribution in [1.82, 2.24) is 10.2 Å². The summed E-state index contributed by atoms with van der Waals surface area (Å²) in [5.74, 6) is -1.23. The highest BCUT2D eigenvalue weighted by atomic mass is 79.9. The van der Waals surface area contributed by atoms with Gasteiger partial charge < -0.3 is 10.2 Å². The van der Waals surface area contributed by atoms with Gasteiger partial charge in [-0.05, 0) is 49.2 Å². The molecule has 2 aromatic rings. The van der Waals surface area contributed by atoms with E-state index in [1.165, 1.54) is 11.8 Å². The second-order valence-corrected chi connectivity index (χ2v) is 11.6. The van der Waals surface area contributed by atoms with Gasteiger partial charge in [-0.2, -0.15) is 13.2 Å². The quantitative estimate of drug-likeness (QED) is 0.347. The number of alkyl halides is 3. The first-order chi connectivity index (χ1) is 17.1. The molecule has 1 atom stereocenters.